The Morgan fingerprint density at radius 3 is 2.26 bits per heavy atom. The molecule has 0 spiro atoms. The number of amides is 1. The monoisotopic (exact) mass is 496 g/mol. The smallest absolute Gasteiger partial charge is 0.418 e. The van der Waals surface area contributed by atoms with Crippen LogP contribution in [-0.4, -0.2) is 27.7 Å². The first-order valence-corrected chi connectivity index (χ1v) is 11.6. The van der Waals surface area contributed by atoms with Crippen molar-refractivity contribution in [3.8, 4) is 5.75 Å². The topological polar surface area (TPSA) is 75.7 Å². The van der Waals surface area contributed by atoms with Gasteiger partial charge in [-0.1, -0.05) is 12.1 Å². The van der Waals surface area contributed by atoms with Crippen LogP contribution in [0.5, 0.6) is 5.75 Å². The molecule has 0 bridgehead atoms. The second-order valence-electron chi connectivity index (χ2n) is 7.27. The van der Waals surface area contributed by atoms with Gasteiger partial charge >= 0.3 is 6.18 Å². The lowest BCUT2D eigenvalue weighted by Gasteiger charge is -2.24. The Morgan fingerprint density at radius 2 is 1.68 bits per heavy atom. The average Bonchev–Trinajstić information content (AvgIpc) is 2.77. The van der Waals surface area contributed by atoms with E-state index in [2.05, 4.69) is 5.32 Å². The Balaban J connectivity index is 1.96. The van der Waals surface area contributed by atoms with Crippen LogP contribution >= 0.6 is 0 Å². The molecule has 6 nitrogen and oxygen atoms in total. The number of halogens is 4. The number of benzene rings is 3. The van der Waals surface area contributed by atoms with Gasteiger partial charge in [-0.2, -0.15) is 13.2 Å². The van der Waals surface area contributed by atoms with Crippen molar-refractivity contribution in [3.63, 3.8) is 0 Å². The van der Waals surface area contributed by atoms with Gasteiger partial charge in [-0.05, 0) is 54.6 Å². The maximum Gasteiger partial charge on any atom is 0.418 e. The lowest BCUT2D eigenvalue weighted by Crippen LogP contribution is -2.29. The number of nitrogens with zero attached hydrogens (tertiary/aromatic N) is 1. The number of ether oxygens (including phenoxy) is 1. The Bertz CT molecular complexity index is 1290. The minimum absolute atomic E-state index is 0.0136. The minimum Gasteiger partial charge on any atom is -0.496 e. The number of sulfonamides is 1. The largest absolute Gasteiger partial charge is 0.496 e. The molecule has 0 heterocycles. The normalized spacial score (nSPS) is 11.7. The van der Waals surface area contributed by atoms with E-state index >= 15 is 0 Å². The third kappa shape index (κ3) is 5.84. The molecule has 0 atom stereocenters. The molecule has 0 saturated carbocycles. The first kappa shape index (κ1) is 25.0. The second-order valence-corrected chi connectivity index (χ2v) is 9.18. The molecule has 3 aromatic carbocycles. The first-order valence-electron chi connectivity index (χ1n) is 9.78. The van der Waals surface area contributed by atoms with Gasteiger partial charge in [-0.25, -0.2) is 12.8 Å². The van der Waals surface area contributed by atoms with Gasteiger partial charge in [0.25, 0.3) is 5.91 Å². The van der Waals surface area contributed by atoms with Crippen molar-refractivity contribution < 1.29 is 35.5 Å². The molecule has 0 aliphatic heterocycles. The summed E-state index contributed by atoms with van der Waals surface area (Å²) in [5, 5.41) is 2.25. The molecule has 3 aromatic rings. The van der Waals surface area contributed by atoms with Crippen molar-refractivity contribution >= 4 is 27.3 Å². The highest BCUT2D eigenvalue weighted by atomic mass is 32.2. The number of hydrogen-bond acceptors (Lipinski definition) is 4. The Kier molecular flexibility index (Phi) is 7.15. The zero-order valence-corrected chi connectivity index (χ0v) is 18.9. The third-order valence-corrected chi connectivity index (χ3v) is 5.99. The van der Waals surface area contributed by atoms with Gasteiger partial charge in [-0.3, -0.25) is 9.10 Å². The molecule has 0 fully saturated rings. The molecular formula is C23H20F4N2O4S. The van der Waals surface area contributed by atoms with Crippen LogP contribution in [0.3, 0.4) is 0 Å². The highest BCUT2D eigenvalue weighted by molar-refractivity contribution is 7.92. The van der Waals surface area contributed by atoms with Crippen molar-refractivity contribution in [1.29, 1.82) is 0 Å². The number of para-hydroxylation sites is 1. The average molecular weight is 496 g/mol. The van der Waals surface area contributed by atoms with Crippen LogP contribution < -0.4 is 14.4 Å². The minimum atomic E-state index is -4.67. The van der Waals surface area contributed by atoms with Crippen molar-refractivity contribution in [1.82, 2.24) is 0 Å². The summed E-state index contributed by atoms with van der Waals surface area (Å²) in [5.41, 5.74) is -0.979. The number of anilines is 2. The molecule has 1 amide bonds. The SMILES string of the molecule is COc1ccc(C(=O)Nc2ccccc2C(F)(F)F)cc1CN(c1ccc(F)cc1)S(C)(=O)=O. The van der Waals surface area contributed by atoms with Crippen LogP contribution in [0.4, 0.5) is 28.9 Å². The lowest BCUT2D eigenvalue weighted by atomic mass is 10.1. The number of carbonyl (C=O) groups is 1. The summed E-state index contributed by atoms with van der Waals surface area (Å²) in [4.78, 5) is 12.7. The molecule has 34 heavy (non-hydrogen) atoms. The summed E-state index contributed by atoms with van der Waals surface area (Å²) in [7, 11) is -2.48. The summed E-state index contributed by atoms with van der Waals surface area (Å²) in [5.74, 6) is -1.12. The Labute approximate surface area is 193 Å². The number of alkyl halides is 3. The van der Waals surface area contributed by atoms with E-state index in [-0.39, 0.29) is 29.1 Å². The van der Waals surface area contributed by atoms with Gasteiger partial charge < -0.3 is 10.1 Å². The summed E-state index contributed by atoms with van der Waals surface area (Å²) >= 11 is 0. The van der Waals surface area contributed by atoms with Crippen LogP contribution in [0.2, 0.25) is 0 Å². The van der Waals surface area contributed by atoms with Gasteiger partial charge in [0, 0.05) is 11.1 Å². The molecule has 0 aliphatic carbocycles. The van der Waals surface area contributed by atoms with Gasteiger partial charge in [-0.15, -0.1) is 0 Å². The molecule has 3 rings (SSSR count). The van der Waals surface area contributed by atoms with Crippen LogP contribution in [0.25, 0.3) is 0 Å². The van der Waals surface area contributed by atoms with E-state index in [9.17, 15) is 30.8 Å². The maximum absolute atomic E-state index is 13.3. The van der Waals surface area contributed by atoms with E-state index < -0.39 is 39.2 Å². The predicted molar refractivity (Wildman–Crippen MR) is 120 cm³/mol. The fourth-order valence-electron chi connectivity index (χ4n) is 3.24. The molecule has 1 N–H and O–H groups in total. The maximum atomic E-state index is 13.3. The van der Waals surface area contributed by atoms with E-state index in [1.54, 1.807) is 0 Å². The fourth-order valence-corrected chi connectivity index (χ4v) is 4.12. The van der Waals surface area contributed by atoms with E-state index in [0.29, 0.717) is 0 Å². The number of carbonyl (C=O) groups excluding carboxylic acids is 1. The molecule has 180 valence electrons. The van der Waals surface area contributed by atoms with Gasteiger partial charge in [0.1, 0.15) is 11.6 Å². The number of nitrogens with one attached hydrogen (secondary N) is 1. The highest BCUT2D eigenvalue weighted by Gasteiger charge is 2.33. The molecule has 0 saturated heterocycles. The van der Waals surface area contributed by atoms with E-state index in [0.717, 1.165) is 34.8 Å². The quantitative estimate of drug-likeness (QED) is 0.464. The van der Waals surface area contributed by atoms with Crippen LogP contribution in [-0.2, 0) is 22.7 Å². The third-order valence-electron chi connectivity index (χ3n) is 4.85. The van der Waals surface area contributed by atoms with Gasteiger partial charge in [0.2, 0.25) is 10.0 Å². The fraction of sp³-hybridized carbons (Fsp3) is 0.174. The molecular weight excluding hydrogens is 476 g/mol. The molecule has 0 aliphatic rings. The van der Waals surface area contributed by atoms with Gasteiger partial charge in [0.15, 0.2) is 0 Å². The van der Waals surface area contributed by atoms with Gasteiger partial charge in [0.05, 0.1) is 36.8 Å². The summed E-state index contributed by atoms with van der Waals surface area (Å²) < 4.78 is 84.2. The summed E-state index contributed by atoms with van der Waals surface area (Å²) in [6, 6.07) is 13.4. The molecule has 0 radical (unpaired) electrons. The Hall–Kier alpha value is -3.60. The van der Waals surface area contributed by atoms with E-state index in [4.69, 9.17) is 4.74 Å². The number of hydrogen-bond donors (Lipinski definition) is 1. The van der Waals surface area contributed by atoms with Crippen LogP contribution in [0.15, 0.2) is 66.7 Å². The molecule has 0 unspecified atom stereocenters. The van der Waals surface area contributed by atoms with E-state index in [1.165, 1.54) is 49.6 Å². The number of methoxy groups -OCH3 is 1. The highest BCUT2D eigenvalue weighted by Crippen LogP contribution is 2.35. The zero-order valence-electron chi connectivity index (χ0n) is 18.1. The summed E-state index contributed by atoms with van der Waals surface area (Å²) in [6.07, 6.45) is -3.70. The van der Waals surface area contributed by atoms with Crippen molar-refractivity contribution in [3.05, 3.63) is 89.2 Å². The van der Waals surface area contributed by atoms with Crippen molar-refractivity contribution in [2.45, 2.75) is 12.7 Å². The van der Waals surface area contributed by atoms with Crippen LogP contribution in [0, 0.1) is 5.82 Å². The number of rotatable bonds is 7. The summed E-state index contributed by atoms with van der Waals surface area (Å²) in [6.45, 7) is -0.270. The second kappa shape index (κ2) is 9.72. The molecule has 0 aromatic heterocycles. The Morgan fingerprint density at radius 1 is 1.03 bits per heavy atom. The predicted octanol–water partition coefficient (Wildman–Crippen LogP) is 5.07. The standard InChI is InChI=1S/C23H20F4N2O4S/c1-33-21-12-7-15(22(30)28-20-6-4-3-5-19(20)23(25,26)27)13-16(21)14-29(34(2,31)32)18-10-8-17(24)9-11-18/h3-13H,14H2,1-2H3,(H,28,30). The van der Waals surface area contributed by atoms with E-state index in [1.807, 2.05) is 0 Å². The van der Waals surface area contributed by atoms with Crippen LogP contribution in [0.1, 0.15) is 21.5 Å². The zero-order chi connectivity index (χ0) is 25.1. The first-order chi connectivity index (χ1) is 15.9. The molecule has 11 heteroatoms. The van der Waals surface area contributed by atoms with Crippen molar-refractivity contribution in [2.24, 2.45) is 0 Å². The van der Waals surface area contributed by atoms with Crippen molar-refractivity contribution in [2.75, 3.05) is 23.0 Å². The lowest BCUT2D eigenvalue weighted by molar-refractivity contribution is -0.136.